The fourth-order valence-electron chi connectivity index (χ4n) is 1.33. The van der Waals surface area contributed by atoms with Gasteiger partial charge in [0.05, 0.1) is 13.0 Å². The number of hydrogen-bond donors (Lipinski definition) is 1. The van der Waals surface area contributed by atoms with Crippen LogP contribution in [0.4, 0.5) is 0 Å². The number of carbonyl (C=O) groups is 1. The lowest BCUT2D eigenvalue weighted by atomic mass is 10.1. The Morgan fingerprint density at radius 1 is 1.40 bits per heavy atom. The van der Waals surface area contributed by atoms with E-state index in [1.165, 1.54) is 20.0 Å². The predicted octanol–water partition coefficient (Wildman–Crippen LogP) is 1.51. The van der Waals surface area contributed by atoms with Crippen molar-refractivity contribution in [2.45, 2.75) is 25.7 Å². The second-order valence-electron chi connectivity index (χ2n) is 2.50. The van der Waals surface area contributed by atoms with Gasteiger partial charge >= 0.3 is 5.97 Å². The Labute approximate surface area is 61.3 Å². The van der Waals surface area contributed by atoms with Gasteiger partial charge in [-0.1, -0.05) is 12.8 Å². The van der Waals surface area contributed by atoms with Gasteiger partial charge in [-0.25, -0.2) is 0 Å². The summed E-state index contributed by atoms with van der Waals surface area (Å²) in [4.78, 5) is 10.8. The van der Waals surface area contributed by atoms with Crippen molar-refractivity contribution in [3.8, 4) is 0 Å². The first-order valence-corrected chi connectivity index (χ1v) is 3.42. The molecule has 0 bridgehead atoms. The molecule has 3 nitrogen and oxygen atoms in total. The van der Waals surface area contributed by atoms with Crippen LogP contribution in [0, 0.1) is 5.92 Å². The number of esters is 1. The van der Waals surface area contributed by atoms with Gasteiger partial charge in [0.1, 0.15) is 0 Å². The van der Waals surface area contributed by atoms with Crippen LogP contribution in [0.25, 0.3) is 0 Å². The Morgan fingerprint density at radius 2 is 1.90 bits per heavy atom. The molecular weight excluding hydrogens is 130 g/mol. The molecule has 1 fully saturated rings. The van der Waals surface area contributed by atoms with E-state index >= 15 is 0 Å². The lowest BCUT2D eigenvalue weighted by molar-refractivity contribution is -0.145. The zero-order chi connectivity index (χ0) is 6.69. The van der Waals surface area contributed by atoms with E-state index in [2.05, 4.69) is 4.74 Å². The van der Waals surface area contributed by atoms with Gasteiger partial charge in [0, 0.05) is 0 Å². The van der Waals surface area contributed by atoms with Crippen LogP contribution in [0.5, 0.6) is 0 Å². The van der Waals surface area contributed by atoms with E-state index in [-0.39, 0.29) is 18.0 Å². The van der Waals surface area contributed by atoms with Crippen LogP contribution in [-0.4, -0.2) is 13.1 Å². The molecule has 1 aliphatic rings. The highest BCUT2D eigenvalue weighted by Crippen LogP contribution is 2.25. The minimum atomic E-state index is -0.0208. The van der Waals surface area contributed by atoms with Gasteiger partial charge in [-0.05, 0) is 12.8 Å². The van der Waals surface area contributed by atoms with E-state index in [1.54, 1.807) is 0 Å². The third kappa shape index (κ3) is 1.99. The van der Waals surface area contributed by atoms with Crippen LogP contribution in [-0.2, 0) is 9.53 Å². The highest BCUT2D eigenvalue weighted by atomic mass is 16.5. The highest BCUT2D eigenvalue weighted by Gasteiger charge is 2.22. The second-order valence-corrected chi connectivity index (χ2v) is 2.50. The molecule has 0 atom stereocenters. The number of ether oxygens (including phenoxy) is 1. The molecule has 0 aliphatic heterocycles. The standard InChI is InChI=1S/C7H12O2.H3N/c1-9-7(8)6-4-2-3-5-6;/h6H,2-5H2,1H3;1H3. The summed E-state index contributed by atoms with van der Waals surface area (Å²) in [7, 11) is 1.46. The Hall–Kier alpha value is -0.570. The maximum atomic E-state index is 10.8. The van der Waals surface area contributed by atoms with E-state index in [1.807, 2.05) is 0 Å². The van der Waals surface area contributed by atoms with Crippen molar-refractivity contribution >= 4 is 5.97 Å². The van der Waals surface area contributed by atoms with Gasteiger partial charge in [0.2, 0.25) is 0 Å². The largest absolute Gasteiger partial charge is 0.469 e. The zero-order valence-electron chi connectivity index (χ0n) is 6.43. The second kappa shape index (κ2) is 4.28. The van der Waals surface area contributed by atoms with Gasteiger partial charge in [0.25, 0.3) is 0 Å². The molecule has 1 aliphatic carbocycles. The van der Waals surface area contributed by atoms with Crippen LogP contribution in [0.1, 0.15) is 25.7 Å². The molecular formula is C7H15NO2. The molecule has 1 saturated carbocycles. The first kappa shape index (κ1) is 9.43. The van der Waals surface area contributed by atoms with Gasteiger partial charge in [-0.3, -0.25) is 4.79 Å². The van der Waals surface area contributed by atoms with Gasteiger partial charge < -0.3 is 10.9 Å². The van der Waals surface area contributed by atoms with Crippen LogP contribution in [0.2, 0.25) is 0 Å². The number of hydrogen-bond acceptors (Lipinski definition) is 3. The molecule has 10 heavy (non-hydrogen) atoms. The normalized spacial score (nSPS) is 18.1. The summed E-state index contributed by atoms with van der Waals surface area (Å²) in [5, 5.41) is 0. The van der Waals surface area contributed by atoms with Gasteiger partial charge in [-0.2, -0.15) is 0 Å². The highest BCUT2D eigenvalue weighted by molar-refractivity contribution is 5.72. The van der Waals surface area contributed by atoms with Crippen molar-refractivity contribution in [2.75, 3.05) is 7.11 Å². The van der Waals surface area contributed by atoms with E-state index in [4.69, 9.17) is 0 Å². The molecule has 0 aromatic rings. The molecule has 60 valence electrons. The van der Waals surface area contributed by atoms with Crippen molar-refractivity contribution in [3.63, 3.8) is 0 Å². The maximum absolute atomic E-state index is 10.8. The molecule has 0 spiro atoms. The number of methoxy groups -OCH3 is 1. The average molecular weight is 145 g/mol. The van der Waals surface area contributed by atoms with Crippen molar-refractivity contribution in [1.29, 1.82) is 0 Å². The quantitative estimate of drug-likeness (QED) is 0.569. The van der Waals surface area contributed by atoms with Crippen LogP contribution >= 0.6 is 0 Å². The number of carbonyl (C=O) groups excluding carboxylic acids is 1. The SMILES string of the molecule is COC(=O)C1CCCC1.N. The summed E-state index contributed by atoms with van der Waals surface area (Å²) in [5.41, 5.74) is 0. The summed E-state index contributed by atoms with van der Waals surface area (Å²) in [6.45, 7) is 0. The fraction of sp³-hybridized carbons (Fsp3) is 0.857. The number of rotatable bonds is 1. The Balaban J connectivity index is 0.000000810. The zero-order valence-corrected chi connectivity index (χ0v) is 6.43. The van der Waals surface area contributed by atoms with E-state index in [0.29, 0.717) is 0 Å². The Bertz CT molecular complexity index is 108. The summed E-state index contributed by atoms with van der Waals surface area (Å²) in [6, 6.07) is 0. The molecule has 0 heterocycles. The van der Waals surface area contributed by atoms with E-state index in [9.17, 15) is 4.79 Å². The smallest absolute Gasteiger partial charge is 0.308 e. The van der Waals surface area contributed by atoms with Crippen molar-refractivity contribution in [1.82, 2.24) is 6.15 Å². The molecule has 0 aromatic heterocycles. The molecule has 0 amide bonds. The van der Waals surface area contributed by atoms with Crippen molar-refractivity contribution in [2.24, 2.45) is 5.92 Å². The predicted molar refractivity (Wildman–Crippen MR) is 39.0 cm³/mol. The summed E-state index contributed by atoms with van der Waals surface area (Å²) in [6.07, 6.45) is 4.46. The molecule has 3 N–H and O–H groups in total. The molecule has 0 saturated heterocycles. The fourth-order valence-corrected chi connectivity index (χ4v) is 1.33. The molecule has 0 aromatic carbocycles. The first-order valence-electron chi connectivity index (χ1n) is 3.42. The first-order chi connectivity index (χ1) is 4.34. The average Bonchev–Trinajstić information content (AvgIpc) is 2.37. The molecule has 1 rings (SSSR count). The van der Waals surface area contributed by atoms with E-state index < -0.39 is 0 Å². The molecule has 0 radical (unpaired) electrons. The maximum Gasteiger partial charge on any atom is 0.308 e. The topological polar surface area (TPSA) is 61.3 Å². The summed E-state index contributed by atoms with van der Waals surface area (Å²) < 4.78 is 4.60. The van der Waals surface area contributed by atoms with Crippen molar-refractivity contribution < 1.29 is 9.53 Å². The lowest BCUT2D eigenvalue weighted by Crippen LogP contribution is -2.11. The minimum Gasteiger partial charge on any atom is -0.469 e. The Morgan fingerprint density at radius 3 is 2.30 bits per heavy atom. The third-order valence-electron chi connectivity index (χ3n) is 1.89. The Kier molecular flexibility index (Phi) is 4.03. The van der Waals surface area contributed by atoms with Gasteiger partial charge in [0.15, 0.2) is 0 Å². The van der Waals surface area contributed by atoms with Gasteiger partial charge in [-0.15, -0.1) is 0 Å². The van der Waals surface area contributed by atoms with Crippen LogP contribution in [0.15, 0.2) is 0 Å². The van der Waals surface area contributed by atoms with E-state index in [0.717, 1.165) is 12.8 Å². The minimum absolute atomic E-state index is 0. The van der Waals surface area contributed by atoms with Crippen LogP contribution < -0.4 is 6.15 Å². The van der Waals surface area contributed by atoms with Crippen molar-refractivity contribution in [3.05, 3.63) is 0 Å². The molecule has 3 heteroatoms. The van der Waals surface area contributed by atoms with Crippen LogP contribution in [0.3, 0.4) is 0 Å². The molecule has 0 unspecified atom stereocenters. The monoisotopic (exact) mass is 145 g/mol. The summed E-state index contributed by atoms with van der Waals surface area (Å²) >= 11 is 0. The third-order valence-corrected chi connectivity index (χ3v) is 1.89. The lowest BCUT2D eigenvalue weighted by Gasteiger charge is -2.03. The summed E-state index contributed by atoms with van der Waals surface area (Å²) in [5.74, 6) is 0.197.